The third-order valence-corrected chi connectivity index (χ3v) is 16.8. The Morgan fingerprint density at radius 3 is 1.78 bits per heavy atom. The molecule has 4 aliphatic rings. The van der Waals surface area contributed by atoms with Crippen LogP contribution in [0.4, 0.5) is 0 Å². The molecule has 0 aromatic heterocycles. The summed E-state index contributed by atoms with van der Waals surface area (Å²) in [5, 5.41) is 0. The summed E-state index contributed by atoms with van der Waals surface area (Å²) >= 11 is 0. The highest BCUT2D eigenvalue weighted by molar-refractivity contribution is 6.80. The number of Topliss-reactive ketones (excluding diaryl/α,β-unsaturated/α-hetero) is 1. The molecule has 0 bridgehead atoms. The van der Waals surface area contributed by atoms with E-state index in [0.29, 0.717) is 30.5 Å². The van der Waals surface area contributed by atoms with Crippen molar-refractivity contribution in [1.29, 1.82) is 0 Å². The first kappa shape index (κ1) is 40.5. The molecule has 10 heteroatoms. The predicted octanol–water partition coefficient (Wildman–Crippen LogP) is 7.80. The molecule has 284 valence electrons. The topological polar surface area (TPSA) is 122 Å². The lowest BCUT2D eigenvalue weighted by Gasteiger charge is -2.57. The summed E-state index contributed by atoms with van der Waals surface area (Å²) in [6.07, 6.45) is 3.29. The van der Waals surface area contributed by atoms with Crippen molar-refractivity contribution >= 4 is 37.7 Å². The van der Waals surface area contributed by atoms with Crippen LogP contribution in [0, 0.1) is 58.2 Å². The molecular weight excluding hydrogens is 653 g/mol. The molecule has 0 amide bonds. The lowest BCUT2D eigenvalue weighted by molar-refractivity contribution is -0.188. The molecule has 0 aliphatic heterocycles. The lowest BCUT2D eigenvalue weighted by Crippen LogP contribution is -2.56. The van der Waals surface area contributed by atoms with Crippen LogP contribution >= 0.6 is 0 Å². The molecule has 4 rings (SSSR count). The minimum atomic E-state index is -1.98. The minimum absolute atomic E-state index is 0.0130. The molecule has 0 heterocycles. The van der Waals surface area contributed by atoms with Gasteiger partial charge in [-0.2, -0.15) is 0 Å². The molecule has 0 unspecified atom stereocenters. The van der Waals surface area contributed by atoms with E-state index >= 15 is 0 Å². The number of hydrogen-bond acceptors (Lipinski definition) is 9. The summed E-state index contributed by atoms with van der Waals surface area (Å²) in [4.78, 5) is 64.4. The van der Waals surface area contributed by atoms with Gasteiger partial charge in [0.15, 0.2) is 0 Å². The van der Waals surface area contributed by atoms with E-state index in [9.17, 15) is 24.0 Å². The number of carbonyl (C=O) groups excluding carboxylic acids is 5. The summed E-state index contributed by atoms with van der Waals surface area (Å²) in [5.41, 5.74) is -0.502. The Labute approximate surface area is 302 Å². The molecule has 4 fully saturated rings. The van der Waals surface area contributed by atoms with Crippen LogP contribution in [-0.2, 0) is 42.9 Å². The summed E-state index contributed by atoms with van der Waals surface area (Å²) < 4.78 is 23.7. The monoisotopic (exact) mass is 718 g/mol. The van der Waals surface area contributed by atoms with Crippen molar-refractivity contribution in [2.24, 2.45) is 58.2 Å². The van der Waals surface area contributed by atoms with E-state index in [1.807, 2.05) is 0 Å². The average Bonchev–Trinajstić information content (AvgIpc) is 3.29. The van der Waals surface area contributed by atoms with Crippen molar-refractivity contribution < 1.29 is 42.9 Å². The van der Waals surface area contributed by atoms with Crippen LogP contribution in [0.3, 0.4) is 0 Å². The van der Waals surface area contributed by atoms with Gasteiger partial charge in [0.05, 0.1) is 8.07 Å². The zero-order valence-electron chi connectivity index (χ0n) is 33.1. The van der Waals surface area contributed by atoms with Crippen molar-refractivity contribution in [1.82, 2.24) is 0 Å². The Morgan fingerprint density at radius 1 is 0.720 bits per heavy atom. The number of carbonyl (C=O) groups is 5. The van der Waals surface area contributed by atoms with E-state index in [-0.39, 0.29) is 58.4 Å². The van der Waals surface area contributed by atoms with Crippen LogP contribution in [0.1, 0.15) is 114 Å². The Morgan fingerprint density at radius 2 is 1.26 bits per heavy atom. The maximum atomic E-state index is 14.9. The quantitative estimate of drug-likeness (QED) is 0.127. The van der Waals surface area contributed by atoms with Gasteiger partial charge in [0, 0.05) is 45.1 Å². The van der Waals surface area contributed by atoms with E-state index < -0.39 is 49.8 Å². The Bertz CT molecular complexity index is 1310. The van der Waals surface area contributed by atoms with Crippen molar-refractivity contribution in [2.75, 3.05) is 0 Å². The van der Waals surface area contributed by atoms with Crippen LogP contribution < -0.4 is 0 Å². The molecule has 0 radical (unpaired) electrons. The number of fused-ring (bicyclic) bond motifs is 5. The molecule has 0 spiro atoms. The SMILES string of the molecule is CC(=O)O[C@H]([C@@H](C)[C@H]1CC[C@H]2[C@@H]3C[C@H]([Si](C)(C)C)C(=O)[C@H]4C[C@H](OC(C)=O)[C@H](OC(C)=O)C[C@]4(C)[C@H]3CC[C@]12C)[C@H](OC(C)=O)[C@@H](C)C(C)C. The van der Waals surface area contributed by atoms with Gasteiger partial charge in [-0.3, -0.25) is 24.0 Å². The van der Waals surface area contributed by atoms with Gasteiger partial charge in [-0.05, 0) is 91.3 Å². The van der Waals surface area contributed by atoms with E-state index in [0.717, 1.165) is 32.1 Å². The molecular formula is C40H66O9Si. The number of rotatable bonds is 10. The first-order chi connectivity index (χ1) is 23.0. The van der Waals surface area contributed by atoms with Gasteiger partial charge in [-0.15, -0.1) is 0 Å². The zero-order chi connectivity index (χ0) is 37.7. The maximum Gasteiger partial charge on any atom is 0.303 e. The van der Waals surface area contributed by atoms with Crippen LogP contribution in [0.25, 0.3) is 0 Å². The van der Waals surface area contributed by atoms with Crippen molar-refractivity contribution in [3.05, 3.63) is 0 Å². The fourth-order valence-corrected chi connectivity index (χ4v) is 13.6. The molecule has 4 saturated carbocycles. The molecule has 0 N–H and O–H groups in total. The standard InChI is InChI=1S/C40H66O9Si/c1-21(2)22(3)37(48-26(7)43)38(49-27(8)44)23(4)29-14-15-30-28-18-35(50(11,12)13)36(45)32-19-33(46-24(5)41)34(47-25(6)42)20-40(32,10)31(28)16-17-39(29,30)9/h21-23,28-35,37-38H,14-20H2,1-13H3/t22-,23-,28-,29+,30-,31-,32+,33-,34+,35-,37+,38+,39+,40+/m0/s1. The fraction of sp³-hybridized carbons (Fsp3) is 0.875. The van der Waals surface area contributed by atoms with E-state index in [1.165, 1.54) is 27.7 Å². The van der Waals surface area contributed by atoms with Gasteiger partial charge in [0.1, 0.15) is 30.2 Å². The predicted molar refractivity (Wildman–Crippen MR) is 193 cm³/mol. The summed E-state index contributed by atoms with van der Waals surface area (Å²) in [5.74, 6) is -0.243. The first-order valence-corrected chi connectivity index (χ1v) is 22.8. The Kier molecular flexibility index (Phi) is 12.2. The third-order valence-electron chi connectivity index (χ3n) is 14.2. The molecule has 4 aliphatic carbocycles. The summed E-state index contributed by atoms with van der Waals surface area (Å²) in [7, 11) is -1.98. The van der Waals surface area contributed by atoms with Gasteiger partial charge in [-0.1, -0.05) is 61.2 Å². The van der Waals surface area contributed by atoms with Crippen molar-refractivity contribution in [3.8, 4) is 0 Å². The molecule has 0 aromatic rings. The normalized spacial score (nSPS) is 37.9. The van der Waals surface area contributed by atoms with E-state index in [1.54, 1.807) is 0 Å². The highest BCUT2D eigenvalue weighted by atomic mass is 28.3. The van der Waals surface area contributed by atoms with E-state index in [4.69, 9.17) is 18.9 Å². The Hall–Kier alpha value is -2.23. The first-order valence-electron chi connectivity index (χ1n) is 19.2. The smallest absolute Gasteiger partial charge is 0.303 e. The molecule has 50 heavy (non-hydrogen) atoms. The van der Waals surface area contributed by atoms with Gasteiger partial charge in [-0.25, -0.2) is 0 Å². The van der Waals surface area contributed by atoms with Crippen LogP contribution in [0.15, 0.2) is 0 Å². The molecule has 0 aromatic carbocycles. The lowest BCUT2D eigenvalue weighted by atomic mass is 9.48. The van der Waals surface area contributed by atoms with Gasteiger partial charge in [0.2, 0.25) is 0 Å². The molecule has 14 atom stereocenters. The number of esters is 4. The van der Waals surface area contributed by atoms with E-state index in [2.05, 4.69) is 61.2 Å². The molecule has 9 nitrogen and oxygen atoms in total. The number of ketones is 1. The second-order valence-electron chi connectivity index (χ2n) is 18.6. The zero-order valence-corrected chi connectivity index (χ0v) is 34.1. The largest absolute Gasteiger partial charge is 0.459 e. The highest BCUT2D eigenvalue weighted by Crippen LogP contribution is 2.69. The number of hydrogen-bond donors (Lipinski definition) is 0. The second-order valence-corrected chi connectivity index (χ2v) is 24.0. The van der Waals surface area contributed by atoms with Crippen LogP contribution in [0.5, 0.6) is 0 Å². The van der Waals surface area contributed by atoms with Crippen molar-refractivity contribution in [3.63, 3.8) is 0 Å². The van der Waals surface area contributed by atoms with Crippen LogP contribution in [0.2, 0.25) is 25.2 Å². The number of ether oxygens (including phenoxy) is 4. The van der Waals surface area contributed by atoms with Crippen molar-refractivity contribution in [2.45, 2.75) is 164 Å². The summed E-state index contributed by atoms with van der Waals surface area (Å²) in [6.45, 7) is 25.7. The third kappa shape index (κ3) is 7.90. The molecule has 0 saturated heterocycles. The van der Waals surface area contributed by atoms with Gasteiger partial charge in [0.25, 0.3) is 0 Å². The van der Waals surface area contributed by atoms with Gasteiger partial charge >= 0.3 is 23.9 Å². The van der Waals surface area contributed by atoms with Crippen LogP contribution in [-0.4, -0.2) is 62.2 Å². The average molecular weight is 719 g/mol. The summed E-state index contributed by atoms with van der Waals surface area (Å²) in [6, 6.07) is 0. The minimum Gasteiger partial charge on any atom is -0.459 e. The maximum absolute atomic E-state index is 14.9. The van der Waals surface area contributed by atoms with Gasteiger partial charge < -0.3 is 18.9 Å². The second kappa shape index (κ2) is 15.0. The fourth-order valence-electron chi connectivity index (χ4n) is 11.6. The highest BCUT2D eigenvalue weighted by Gasteiger charge is 2.65. The Balaban J connectivity index is 1.76.